The predicted octanol–water partition coefficient (Wildman–Crippen LogP) is 7.07. The van der Waals surface area contributed by atoms with E-state index in [-0.39, 0.29) is 5.78 Å². The molecule has 0 aliphatic rings. The van der Waals surface area contributed by atoms with E-state index in [9.17, 15) is 4.79 Å². The fourth-order valence-electron chi connectivity index (χ4n) is 4.24. The lowest BCUT2D eigenvalue weighted by molar-refractivity contribution is -0.112. The Morgan fingerprint density at radius 2 is 1.59 bits per heavy atom. The average molecular weight is 421 g/mol. The summed E-state index contributed by atoms with van der Waals surface area (Å²) in [6, 6.07) is 21.5. The van der Waals surface area contributed by atoms with Crippen molar-refractivity contribution < 1.29 is 4.79 Å². The van der Waals surface area contributed by atoms with Crippen LogP contribution in [0.4, 0.5) is 0 Å². The fourth-order valence-corrected chi connectivity index (χ4v) is 4.24. The van der Waals surface area contributed by atoms with E-state index in [1.165, 1.54) is 27.8 Å². The number of benzene rings is 3. The van der Waals surface area contributed by atoms with E-state index in [0.29, 0.717) is 0 Å². The number of H-pyrrole nitrogens is 1. The Kier molecular flexibility index (Phi) is 5.91. The van der Waals surface area contributed by atoms with Crippen LogP contribution >= 0.6 is 0 Å². The maximum absolute atomic E-state index is 11.3. The summed E-state index contributed by atoms with van der Waals surface area (Å²) in [4.78, 5) is 11.3. The minimum Gasteiger partial charge on any atom is -0.295 e. The fraction of sp³-hybridized carbons (Fsp3) is 0.172. The van der Waals surface area contributed by atoms with Gasteiger partial charge < -0.3 is 0 Å². The van der Waals surface area contributed by atoms with Gasteiger partial charge in [-0.2, -0.15) is 5.10 Å². The van der Waals surface area contributed by atoms with Gasteiger partial charge in [-0.3, -0.25) is 9.89 Å². The number of hydrogen-bond donors (Lipinski definition) is 1. The van der Waals surface area contributed by atoms with Crippen molar-refractivity contribution in [3.63, 3.8) is 0 Å². The molecular formula is C29H28N2O. The summed E-state index contributed by atoms with van der Waals surface area (Å²) in [5.74, 6) is 0.0455. The largest absolute Gasteiger partial charge is 0.295 e. The topological polar surface area (TPSA) is 45.8 Å². The van der Waals surface area contributed by atoms with Crippen molar-refractivity contribution in [2.45, 2.75) is 34.6 Å². The molecule has 0 radical (unpaired) electrons. The lowest BCUT2D eigenvalue weighted by Crippen LogP contribution is -1.96. The number of nitrogens with one attached hydrogen (secondary N) is 1. The molecule has 1 N–H and O–H groups in total. The van der Waals surface area contributed by atoms with E-state index in [0.717, 1.165) is 33.3 Å². The SMILES string of the molecule is CC(=O)/C=C/c1ccc(/C(=C(/C)c2ccc(C)cc2C)c2ccc3[nH]nc(C)c3c2)cc1. The van der Waals surface area contributed by atoms with Crippen LogP contribution in [-0.4, -0.2) is 16.0 Å². The first kappa shape index (κ1) is 21.5. The maximum atomic E-state index is 11.3. The van der Waals surface area contributed by atoms with Gasteiger partial charge in [-0.1, -0.05) is 60.2 Å². The molecule has 3 nitrogen and oxygen atoms in total. The van der Waals surface area contributed by atoms with Gasteiger partial charge in [0.25, 0.3) is 0 Å². The Hall–Kier alpha value is -3.72. The Morgan fingerprint density at radius 1 is 0.875 bits per heavy atom. The summed E-state index contributed by atoms with van der Waals surface area (Å²) in [5.41, 5.74) is 11.5. The van der Waals surface area contributed by atoms with Gasteiger partial charge in [0.1, 0.15) is 0 Å². The van der Waals surface area contributed by atoms with E-state index in [1.807, 2.05) is 13.0 Å². The van der Waals surface area contributed by atoms with Crippen molar-refractivity contribution in [2.75, 3.05) is 0 Å². The number of aromatic nitrogens is 2. The lowest BCUT2D eigenvalue weighted by Gasteiger charge is -2.17. The van der Waals surface area contributed by atoms with Crippen LogP contribution in [0.15, 0.2) is 66.7 Å². The predicted molar refractivity (Wildman–Crippen MR) is 134 cm³/mol. The molecule has 0 bridgehead atoms. The minimum atomic E-state index is 0.0455. The zero-order valence-corrected chi connectivity index (χ0v) is 19.3. The number of aromatic amines is 1. The number of ketones is 1. The molecule has 0 saturated carbocycles. The molecule has 3 aromatic carbocycles. The quantitative estimate of drug-likeness (QED) is 0.277. The summed E-state index contributed by atoms with van der Waals surface area (Å²) < 4.78 is 0. The molecule has 4 aromatic rings. The molecule has 0 amide bonds. The molecule has 1 aromatic heterocycles. The summed E-state index contributed by atoms with van der Waals surface area (Å²) in [6.07, 6.45) is 3.45. The van der Waals surface area contributed by atoms with Crippen LogP contribution in [0.1, 0.15) is 52.9 Å². The average Bonchev–Trinajstić information content (AvgIpc) is 3.13. The third kappa shape index (κ3) is 4.33. The van der Waals surface area contributed by atoms with Crippen molar-refractivity contribution in [2.24, 2.45) is 0 Å². The first-order chi connectivity index (χ1) is 15.3. The molecule has 32 heavy (non-hydrogen) atoms. The number of hydrogen-bond acceptors (Lipinski definition) is 2. The molecular weight excluding hydrogens is 392 g/mol. The highest BCUT2D eigenvalue weighted by atomic mass is 16.1. The first-order valence-corrected chi connectivity index (χ1v) is 10.9. The highest BCUT2D eigenvalue weighted by molar-refractivity contribution is 6.00. The Labute approximate surface area is 189 Å². The number of rotatable bonds is 5. The standard InChI is InChI=1S/C29H28N2O/c1-18-6-14-26(19(2)16-18)21(4)29(24-11-9-23(10-12-24)8-7-20(3)32)25-13-15-28-27(17-25)22(5)30-31-28/h6-17H,1-5H3,(H,30,31)/b8-7+,29-21+. The van der Waals surface area contributed by atoms with Crippen LogP contribution < -0.4 is 0 Å². The molecule has 1 heterocycles. The second-order valence-electron chi connectivity index (χ2n) is 8.45. The third-order valence-electron chi connectivity index (χ3n) is 5.91. The van der Waals surface area contributed by atoms with E-state index in [1.54, 1.807) is 13.0 Å². The van der Waals surface area contributed by atoms with Gasteiger partial charge in [-0.25, -0.2) is 0 Å². The van der Waals surface area contributed by atoms with Crippen molar-refractivity contribution in [3.05, 3.63) is 106 Å². The van der Waals surface area contributed by atoms with Gasteiger partial charge in [0, 0.05) is 5.39 Å². The normalized spacial score (nSPS) is 12.4. The zero-order valence-electron chi connectivity index (χ0n) is 19.3. The molecule has 0 atom stereocenters. The Morgan fingerprint density at radius 3 is 2.28 bits per heavy atom. The van der Waals surface area contributed by atoms with Gasteiger partial charge in [0.2, 0.25) is 0 Å². The van der Waals surface area contributed by atoms with Crippen LogP contribution in [-0.2, 0) is 4.79 Å². The lowest BCUT2D eigenvalue weighted by atomic mass is 9.87. The molecule has 0 unspecified atom stereocenters. The summed E-state index contributed by atoms with van der Waals surface area (Å²) in [6.45, 7) is 10.1. The van der Waals surface area contributed by atoms with Gasteiger partial charge in [-0.15, -0.1) is 0 Å². The van der Waals surface area contributed by atoms with Crippen LogP contribution in [0, 0.1) is 20.8 Å². The van der Waals surface area contributed by atoms with Crippen LogP contribution in [0.5, 0.6) is 0 Å². The molecule has 4 rings (SSSR count). The number of fused-ring (bicyclic) bond motifs is 1. The first-order valence-electron chi connectivity index (χ1n) is 10.9. The number of aryl methyl sites for hydroxylation is 3. The van der Waals surface area contributed by atoms with Gasteiger partial charge in [0.05, 0.1) is 11.2 Å². The van der Waals surface area contributed by atoms with Crippen molar-refractivity contribution in [1.29, 1.82) is 0 Å². The molecule has 0 aliphatic heterocycles. The summed E-state index contributed by atoms with van der Waals surface area (Å²) in [7, 11) is 0. The second-order valence-corrected chi connectivity index (χ2v) is 8.45. The van der Waals surface area contributed by atoms with Gasteiger partial charge >= 0.3 is 0 Å². The Bertz CT molecular complexity index is 1370. The van der Waals surface area contributed by atoms with Crippen LogP contribution in [0.2, 0.25) is 0 Å². The smallest absolute Gasteiger partial charge is 0.152 e. The molecule has 0 spiro atoms. The highest BCUT2D eigenvalue weighted by Gasteiger charge is 2.14. The number of carbonyl (C=O) groups is 1. The minimum absolute atomic E-state index is 0.0455. The summed E-state index contributed by atoms with van der Waals surface area (Å²) >= 11 is 0. The van der Waals surface area contributed by atoms with E-state index >= 15 is 0 Å². The van der Waals surface area contributed by atoms with Crippen molar-refractivity contribution in [1.82, 2.24) is 10.2 Å². The zero-order chi connectivity index (χ0) is 22.8. The van der Waals surface area contributed by atoms with E-state index in [4.69, 9.17) is 0 Å². The van der Waals surface area contributed by atoms with E-state index in [2.05, 4.69) is 91.6 Å². The molecule has 0 fully saturated rings. The second kappa shape index (κ2) is 8.80. The van der Waals surface area contributed by atoms with Gasteiger partial charge in [-0.05, 0) is 91.8 Å². The summed E-state index contributed by atoms with van der Waals surface area (Å²) in [5, 5.41) is 8.60. The van der Waals surface area contributed by atoms with Crippen LogP contribution in [0.25, 0.3) is 28.1 Å². The molecule has 3 heteroatoms. The number of allylic oxidation sites excluding steroid dienone is 2. The third-order valence-corrected chi connectivity index (χ3v) is 5.91. The number of nitrogens with zero attached hydrogens (tertiary/aromatic N) is 1. The molecule has 0 saturated heterocycles. The number of carbonyl (C=O) groups excluding carboxylic acids is 1. The molecule has 0 aliphatic carbocycles. The monoisotopic (exact) mass is 420 g/mol. The van der Waals surface area contributed by atoms with E-state index < -0.39 is 0 Å². The highest BCUT2D eigenvalue weighted by Crippen LogP contribution is 2.35. The van der Waals surface area contributed by atoms with Gasteiger partial charge in [0.15, 0.2) is 5.78 Å². The van der Waals surface area contributed by atoms with Crippen LogP contribution in [0.3, 0.4) is 0 Å². The Balaban J connectivity index is 1.91. The van der Waals surface area contributed by atoms with Crippen molar-refractivity contribution >= 4 is 33.9 Å². The van der Waals surface area contributed by atoms with Crippen molar-refractivity contribution in [3.8, 4) is 0 Å². The maximum Gasteiger partial charge on any atom is 0.152 e. The molecule has 160 valence electrons.